The monoisotopic (exact) mass is 476 g/mol. The molecule has 176 valence electrons. The molecule has 1 aliphatic rings. The first kappa shape index (κ1) is 24.1. The van der Waals surface area contributed by atoms with Gasteiger partial charge in [0.15, 0.2) is 18.1 Å². The quantitative estimate of drug-likeness (QED) is 0.596. The Balaban J connectivity index is 1.65. The van der Waals surface area contributed by atoms with Crippen LogP contribution in [0.1, 0.15) is 23.2 Å². The lowest BCUT2D eigenvalue weighted by molar-refractivity contribution is -0.121. The number of pyridine rings is 1. The summed E-state index contributed by atoms with van der Waals surface area (Å²) in [5.41, 5.74) is 5.47. The average Bonchev–Trinajstić information content (AvgIpc) is 2.83. The van der Waals surface area contributed by atoms with E-state index in [2.05, 4.69) is 10.3 Å². The van der Waals surface area contributed by atoms with Gasteiger partial charge in [0.2, 0.25) is 11.7 Å². The van der Waals surface area contributed by atoms with Crippen molar-refractivity contribution in [1.82, 2.24) is 9.88 Å². The molecule has 3 rings (SSSR count). The lowest BCUT2D eigenvalue weighted by Crippen LogP contribution is -2.41. The van der Waals surface area contributed by atoms with E-state index in [4.69, 9.17) is 31.5 Å². The summed E-state index contributed by atoms with van der Waals surface area (Å²) in [5, 5.41) is 3.27. The van der Waals surface area contributed by atoms with Gasteiger partial charge in [-0.05, 0) is 37.1 Å². The van der Waals surface area contributed by atoms with Crippen molar-refractivity contribution in [3.8, 4) is 17.2 Å². The van der Waals surface area contributed by atoms with Crippen molar-refractivity contribution in [2.45, 2.75) is 12.8 Å². The fourth-order valence-corrected chi connectivity index (χ4v) is 3.61. The summed E-state index contributed by atoms with van der Waals surface area (Å²) in [7, 11) is 2.83. The number of rotatable bonds is 8. The summed E-state index contributed by atoms with van der Waals surface area (Å²) < 4.78 is 16.0. The average molecular weight is 477 g/mol. The topological polar surface area (TPSA) is 133 Å². The Bertz CT molecular complexity index is 997. The zero-order chi connectivity index (χ0) is 24.0. The Labute approximate surface area is 195 Å². The number of ether oxygens (including phenoxy) is 3. The van der Waals surface area contributed by atoms with Crippen LogP contribution in [-0.2, 0) is 9.59 Å². The normalized spacial score (nSPS) is 13.8. The highest BCUT2D eigenvalue weighted by molar-refractivity contribution is 6.30. The molecule has 0 atom stereocenters. The number of amides is 3. The number of anilines is 1. The van der Waals surface area contributed by atoms with Gasteiger partial charge in [-0.15, -0.1) is 0 Å². The van der Waals surface area contributed by atoms with Gasteiger partial charge in [0.1, 0.15) is 5.82 Å². The fourth-order valence-electron chi connectivity index (χ4n) is 3.49. The minimum absolute atomic E-state index is 0.142. The van der Waals surface area contributed by atoms with Gasteiger partial charge in [-0.1, -0.05) is 11.6 Å². The van der Waals surface area contributed by atoms with Crippen LogP contribution in [0.2, 0.25) is 5.02 Å². The number of halogens is 1. The number of primary amides is 1. The van der Waals surface area contributed by atoms with E-state index in [1.807, 2.05) is 0 Å². The minimum atomic E-state index is -0.655. The molecule has 1 aliphatic heterocycles. The number of nitrogens with zero attached hydrogens (tertiary/aromatic N) is 2. The van der Waals surface area contributed by atoms with Gasteiger partial charge in [-0.25, -0.2) is 4.98 Å². The molecule has 3 amide bonds. The molecule has 0 unspecified atom stereocenters. The highest BCUT2D eigenvalue weighted by Gasteiger charge is 2.29. The Morgan fingerprint density at radius 3 is 2.30 bits per heavy atom. The number of nitrogens with one attached hydrogen (secondary N) is 1. The number of hydrogen-bond acceptors (Lipinski definition) is 7. The smallest absolute Gasteiger partial charge is 0.255 e. The molecular weight excluding hydrogens is 452 g/mol. The number of nitrogens with two attached hydrogens (primary N) is 1. The highest BCUT2D eigenvalue weighted by Crippen LogP contribution is 2.39. The van der Waals surface area contributed by atoms with Crippen molar-refractivity contribution >= 4 is 35.1 Å². The van der Waals surface area contributed by atoms with E-state index in [1.165, 1.54) is 32.5 Å². The van der Waals surface area contributed by atoms with Crippen LogP contribution in [0.5, 0.6) is 17.2 Å². The third kappa shape index (κ3) is 6.04. The van der Waals surface area contributed by atoms with Gasteiger partial charge in [0, 0.05) is 30.8 Å². The van der Waals surface area contributed by atoms with Crippen molar-refractivity contribution in [3.63, 3.8) is 0 Å². The first-order valence-electron chi connectivity index (χ1n) is 10.2. The largest absolute Gasteiger partial charge is 0.493 e. The molecule has 1 aromatic heterocycles. The van der Waals surface area contributed by atoms with Crippen LogP contribution in [0.25, 0.3) is 0 Å². The molecule has 0 saturated carbocycles. The van der Waals surface area contributed by atoms with E-state index in [0.717, 1.165) is 0 Å². The lowest BCUT2D eigenvalue weighted by atomic mass is 9.95. The Hall–Kier alpha value is -3.53. The zero-order valence-electron chi connectivity index (χ0n) is 18.3. The third-order valence-electron chi connectivity index (χ3n) is 5.20. The van der Waals surface area contributed by atoms with E-state index in [-0.39, 0.29) is 41.6 Å². The Kier molecular flexibility index (Phi) is 7.94. The molecule has 2 aromatic rings. The number of carbonyl (C=O) groups is 3. The summed E-state index contributed by atoms with van der Waals surface area (Å²) >= 11 is 5.81. The molecule has 0 radical (unpaired) electrons. The molecule has 0 spiro atoms. The molecule has 10 nitrogen and oxygen atoms in total. The Morgan fingerprint density at radius 1 is 1.15 bits per heavy atom. The van der Waals surface area contributed by atoms with Crippen LogP contribution in [0.4, 0.5) is 5.82 Å². The maximum Gasteiger partial charge on any atom is 0.255 e. The summed E-state index contributed by atoms with van der Waals surface area (Å²) in [4.78, 5) is 42.4. The predicted molar refractivity (Wildman–Crippen MR) is 121 cm³/mol. The first-order valence-corrected chi connectivity index (χ1v) is 10.6. The number of likely N-dealkylation sites (tertiary alicyclic amines) is 1. The second-order valence-corrected chi connectivity index (χ2v) is 7.82. The van der Waals surface area contributed by atoms with Gasteiger partial charge in [0.05, 0.1) is 19.2 Å². The molecule has 11 heteroatoms. The van der Waals surface area contributed by atoms with Crippen molar-refractivity contribution < 1.29 is 28.6 Å². The highest BCUT2D eigenvalue weighted by atomic mass is 35.5. The van der Waals surface area contributed by atoms with Gasteiger partial charge >= 0.3 is 0 Å². The summed E-state index contributed by atoms with van der Waals surface area (Å²) in [6.07, 6.45) is 2.49. The van der Waals surface area contributed by atoms with E-state index < -0.39 is 5.91 Å². The molecule has 1 saturated heterocycles. The van der Waals surface area contributed by atoms with Crippen LogP contribution >= 0.6 is 11.6 Å². The van der Waals surface area contributed by atoms with Gasteiger partial charge in [-0.2, -0.15) is 0 Å². The second-order valence-electron chi connectivity index (χ2n) is 7.38. The van der Waals surface area contributed by atoms with Gasteiger partial charge < -0.3 is 30.2 Å². The summed E-state index contributed by atoms with van der Waals surface area (Å²) in [6, 6.07) is 6.33. The van der Waals surface area contributed by atoms with Crippen LogP contribution in [-0.4, -0.2) is 61.5 Å². The number of carbonyl (C=O) groups excluding carboxylic acids is 3. The minimum Gasteiger partial charge on any atom is -0.493 e. The van der Waals surface area contributed by atoms with Crippen LogP contribution in [0.3, 0.4) is 0 Å². The lowest BCUT2D eigenvalue weighted by Gasteiger charge is -2.31. The number of hydrogen-bond donors (Lipinski definition) is 2. The van der Waals surface area contributed by atoms with E-state index in [0.29, 0.717) is 42.3 Å². The Morgan fingerprint density at radius 2 is 1.79 bits per heavy atom. The maximum absolute atomic E-state index is 13.1. The molecule has 1 fully saturated rings. The van der Waals surface area contributed by atoms with Crippen molar-refractivity contribution in [1.29, 1.82) is 0 Å². The molecule has 0 bridgehead atoms. The maximum atomic E-state index is 13.1. The molecule has 33 heavy (non-hydrogen) atoms. The molecule has 0 aliphatic carbocycles. The second kappa shape index (κ2) is 10.9. The SMILES string of the molecule is COc1cc(C(=O)N2CCC(C(=O)Nc3ccc(Cl)cn3)CC2)cc(OC)c1OCC(N)=O. The van der Waals surface area contributed by atoms with Gasteiger partial charge in [-0.3, -0.25) is 14.4 Å². The van der Waals surface area contributed by atoms with Crippen LogP contribution in [0, 0.1) is 5.92 Å². The number of benzene rings is 1. The first-order chi connectivity index (χ1) is 15.8. The van der Waals surface area contributed by atoms with Crippen LogP contribution < -0.4 is 25.3 Å². The molecule has 1 aromatic carbocycles. The number of aromatic nitrogens is 1. The number of piperidine rings is 1. The van der Waals surface area contributed by atoms with Crippen molar-refractivity contribution in [3.05, 3.63) is 41.0 Å². The molecule has 3 N–H and O–H groups in total. The van der Waals surface area contributed by atoms with E-state index >= 15 is 0 Å². The van der Waals surface area contributed by atoms with E-state index in [9.17, 15) is 14.4 Å². The van der Waals surface area contributed by atoms with Crippen LogP contribution in [0.15, 0.2) is 30.5 Å². The van der Waals surface area contributed by atoms with Crippen molar-refractivity contribution in [2.75, 3.05) is 39.2 Å². The zero-order valence-corrected chi connectivity index (χ0v) is 19.1. The summed E-state index contributed by atoms with van der Waals surface area (Å²) in [6.45, 7) is 0.464. The molecular formula is C22H25ClN4O6. The van der Waals surface area contributed by atoms with E-state index in [1.54, 1.807) is 17.0 Å². The number of methoxy groups -OCH3 is 2. The molecule has 2 heterocycles. The van der Waals surface area contributed by atoms with Crippen molar-refractivity contribution in [2.24, 2.45) is 11.7 Å². The summed E-state index contributed by atoms with van der Waals surface area (Å²) in [5.74, 6) is -0.171. The fraction of sp³-hybridized carbons (Fsp3) is 0.364. The standard InChI is InChI=1S/C22H25ClN4O6/c1-31-16-9-14(10-17(32-2)20(16)33-12-18(24)28)22(30)27-7-5-13(6-8-27)21(29)26-19-4-3-15(23)11-25-19/h3-4,9-11,13H,5-8,12H2,1-2H3,(H2,24,28)(H,25,26,29). The third-order valence-corrected chi connectivity index (χ3v) is 5.42. The van der Waals surface area contributed by atoms with Gasteiger partial charge in [0.25, 0.3) is 11.8 Å². The predicted octanol–water partition coefficient (Wildman–Crippen LogP) is 2.11.